The maximum absolute atomic E-state index is 11.7. The van der Waals surface area contributed by atoms with E-state index < -0.39 is 6.10 Å². The molecule has 1 aromatic rings. The molecule has 0 aliphatic heterocycles. The molecular formula is C16H26N2O3. The van der Waals surface area contributed by atoms with Crippen molar-refractivity contribution in [2.24, 2.45) is 0 Å². The van der Waals surface area contributed by atoms with Gasteiger partial charge in [0.25, 0.3) is 0 Å². The highest BCUT2D eigenvalue weighted by Crippen LogP contribution is 2.15. The van der Waals surface area contributed by atoms with Crippen molar-refractivity contribution in [1.82, 2.24) is 10.6 Å². The Kier molecular flexibility index (Phi) is 7.19. The third-order valence-corrected chi connectivity index (χ3v) is 3.39. The van der Waals surface area contributed by atoms with Crippen LogP contribution < -0.4 is 10.6 Å². The number of hydrogen-bond donors (Lipinski definition) is 3. The Morgan fingerprint density at radius 3 is 2.43 bits per heavy atom. The quantitative estimate of drug-likeness (QED) is 0.718. The molecule has 1 rings (SSSR count). The third kappa shape index (κ3) is 6.14. The lowest BCUT2D eigenvalue weighted by atomic mass is 10.00. The van der Waals surface area contributed by atoms with Gasteiger partial charge in [-0.3, -0.25) is 0 Å². The Balaban J connectivity index is 2.37. The highest BCUT2D eigenvalue weighted by atomic mass is 16.5. The monoisotopic (exact) mass is 294 g/mol. The number of carbonyl (C=O) groups is 1. The first-order valence-corrected chi connectivity index (χ1v) is 7.19. The van der Waals surface area contributed by atoms with Crippen LogP contribution in [0, 0.1) is 20.8 Å². The highest BCUT2D eigenvalue weighted by molar-refractivity contribution is 5.73. The van der Waals surface area contributed by atoms with E-state index >= 15 is 0 Å². The number of hydrogen-bond acceptors (Lipinski definition) is 3. The van der Waals surface area contributed by atoms with Gasteiger partial charge in [0, 0.05) is 20.2 Å². The summed E-state index contributed by atoms with van der Waals surface area (Å²) >= 11 is 0. The van der Waals surface area contributed by atoms with Gasteiger partial charge < -0.3 is 20.5 Å². The van der Waals surface area contributed by atoms with Gasteiger partial charge in [-0.25, -0.2) is 4.79 Å². The number of carbonyl (C=O) groups excluding carboxylic acids is 1. The van der Waals surface area contributed by atoms with E-state index in [2.05, 4.69) is 43.5 Å². The van der Waals surface area contributed by atoms with Crippen LogP contribution >= 0.6 is 0 Å². The molecule has 0 aliphatic carbocycles. The van der Waals surface area contributed by atoms with E-state index in [1.165, 1.54) is 23.8 Å². The van der Waals surface area contributed by atoms with Gasteiger partial charge in [-0.1, -0.05) is 17.7 Å². The number of benzene rings is 1. The molecule has 0 saturated carbocycles. The van der Waals surface area contributed by atoms with Crippen molar-refractivity contribution < 1.29 is 14.6 Å². The lowest BCUT2D eigenvalue weighted by Gasteiger charge is -2.14. The molecule has 0 fully saturated rings. The summed E-state index contributed by atoms with van der Waals surface area (Å²) in [4.78, 5) is 11.7. The molecule has 0 saturated heterocycles. The van der Waals surface area contributed by atoms with Crippen LogP contribution in [0.1, 0.15) is 28.7 Å². The lowest BCUT2D eigenvalue weighted by Crippen LogP contribution is -2.37. The summed E-state index contributed by atoms with van der Waals surface area (Å²) in [6, 6.07) is 4.01. The van der Waals surface area contributed by atoms with E-state index in [4.69, 9.17) is 4.74 Å². The first-order valence-electron chi connectivity index (χ1n) is 7.19. The van der Waals surface area contributed by atoms with Crippen LogP contribution in [-0.2, 0) is 11.3 Å². The fourth-order valence-electron chi connectivity index (χ4n) is 2.35. The number of urea groups is 1. The maximum Gasteiger partial charge on any atom is 0.315 e. The molecule has 0 bridgehead atoms. The molecule has 2 amide bonds. The van der Waals surface area contributed by atoms with Crippen LogP contribution in [-0.4, -0.2) is 37.5 Å². The van der Waals surface area contributed by atoms with Gasteiger partial charge in [0.15, 0.2) is 0 Å². The standard InChI is InChI=1S/C16H26N2O3/c1-11-7-12(2)15(13(3)8-11)9-18-16(20)17-6-5-14(19)10-21-4/h7-8,14,19H,5-6,9-10H2,1-4H3,(H2,17,18,20). The maximum atomic E-state index is 11.7. The van der Waals surface area contributed by atoms with Crippen LogP contribution in [0.5, 0.6) is 0 Å². The average Bonchev–Trinajstić information content (AvgIpc) is 2.37. The minimum Gasteiger partial charge on any atom is -0.391 e. The van der Waals surface area contributed by atoms with Crippen LogP contribution in [0.25, 0.3) is 0 Å². The largest absolute Gasteiger partial charge is 0.391 e. The van der Waals surface area contributed by atoms with Crippen LogP contribution in [0.2, 0.25) is 0 Å². The number of methoxy groups -OCH3 is 1. The molecule has 0 aromatic heterocycles. The Morgan fingerprint density at radius 2 is 1.86 bits per heavy atom. The van der Waals surface area contributed by atoms with Gasteiger partial charge in [-0.15, -0.1) is 0 Å². The molecule has 1 unspecified atom stereocenters. The summed E-state index contributed by atoms with van der Waals surface area (Å²) in [6.07, 6.45) is -0.0685. The minimum absolute atomic E-state index is 0.223. The second-order valence-corrected chi connectivity index (χ2v) is 5.38. The number of aliphatic hydroxyl groups excluding tert-OH is 1. The van der Waals surface area contributed by atoms with E-state index in [0.29, 0.717) is 19.5 Å². The normalized spacial score (nSPS) is 12.0. The van der Waals surface area contributed by atoms with Gasteiger partial charge in [-0.2, -0.15) is 0 Å². The van der Waals surface area contributed by atoms with Gasteiger partial charge in [0.05, 0.1) is 12.7 Å². The van der Waals surface area contributed by atoms with Crippen molar-refractivity contribution in [3.05, 3.63) is 34.4 Å². The highest BCUT2D eigenvalue weighted by Gasteiger charge is 2.07. The first kappa shape index (κ1) is 17.5. The summed E-state index contributed by atoms with van der Waals surface area (Å²) < 4.78 is 4.82. The van der Waals surface area contributed by atoms with Crippen molar-refractivity contribution >= 4 is 6.03 Å². The molecular weight excluding hydrogens is 268 g/mol. The molecule has 1 aromatic carbocycles. The van der Waals surface area contributed by atoms with E-state index in [1.54, 1.807) is 0 Å². The Labute approximate surface area is 126 Å². The topological polar surface area (TPSA) is 70.6 Å². The zero-order valence-electron chi connectivity index (χ0n) is 13.3. The Morgan fingerprint density at radius 1 is 1.24 bits per heavy atom. The molecule has 118 valence electrons. The fraction of sp³-hybridized carbons (Fsp3) is 0.562. The van der Waals surface area contributed by atoms with E-state index in [9.17, 15) is 9.90 Å². The van der Waals surface area contributed by atoms with E-state index in [1.807, 2.05) is 0 Å². The number of amides is 2. The zero-order valence-corrected chi connectivity index (χ0v) is 13.3. The molecule has 0 aliphatic rings. The molecule has 0 heterocycles. The SMILES string of the molecule is COCC(O)CCNC(=O)NCc1c(C)cc(C)cc1C. The van der Waals surface area contributed by atoms with Crippen molar-refractivity contribution in [3.63, 3.8) is 0 Å². The summed E-state index contributed by atoms with van der Waals surface area (Å²) in [6.45, 7) is 7.37. The molecule has 0 radical (unpaired) electrons. The second-order valence-electron chi connectivity index (χ2n) is 5.38. The molecule has 5 heteroatoms. The number of nitrogens with one attached hydrogen (secondary N) is 2. The molecule has 0 spiro atoms. The fourth-order valence-corrected chi connectivity index (χ4v) is 2.35. The molecule has 5 nitrogen and oxygen atoms in total. The minimum atomic E-state index is -0.545. The zero-order chi connectivity index (χ0) is 15.8. The summed E-state index contributed by atoms with van der Waals surface area (Å²) in [5.41, 5.74) is 4.74. The van der Waals surface area contributed by atoms with Crippen LogP contribution in [0.4, 0.5) is 4.79 Å². The number of aryl methyl sites for hydroxylation is 3. The summed E-state index contributed by atoms with van der Waals surface area (Å²) in [7, 11) is 1.54. The number of rotatable bonds is 7. The van der Waals surface area contributed by atoms with Crippen molar-refractivity contribution in [3.8, 4) is 0 Å². The lowest BCUT2D eigenvalue weighted by molar-refractivity contribution is 0.0598. The molecule has 1 atom stereocenters. The predicted octanol–water partition coefficient (Wildman–Crippen LogP) is 1.81. The van der Waals surface area contributed by atoms with Gasteiger partial charge >= 0.3 is 6.03 Å². The van der Waals surface area contributed by atoms with Gasteiger partial charge in [0.2, 0.25) is 0 Å². The van der Waals surface area contributed by atoms with Crippen molar-refractivity contribution in [2.75, 3.05) is 20.3 Å². The third-order valence-electron chi connectivity index (χ3n) is 3.39. The average molecular weight is 294 g/mol. The Hall–Kier alpha value is -1.59. The van der Waals surface area contributed by atoms with E-state index in [0.717, 1.165) is 5.56 Å². The van der Waals surface area contributed by atoms with Crippen LogP contribution in [0.3, 0.4) is 0 Å². The predicted molar refractivity (Wildman–Crippen MR) is 83.4 cm³/mol. The Bertz CT molecular complexity index is 452. The summed E-state index contributed by atoms with van der Waals surface area (Å²) in [5.74, 6) is 0. The molecule has 3 N–H and O–H groups in total. The summed E-state index contributed by atoms with van der Waals surface area (Å²) in [5, 5.41) is 15.0. The van der Waals surface area contributed by atoms with Gasteiger partial charge in [-0.05, 0) is 43.9 Å². The van der Waals surface area contributed by atoms with Gasteiger partial charge in [0.1, 0.15) is 0 Å². The first-order chi connectivity index (χ1) is 9.93. The number of aliphatic hydroxyl groups is 1. The number of ether oxygens (including phenoxy) is 1. The van der Waals surface area contributed by atoms with Crippen molar-refractivity contribution in [2.45, 2.75) is 39.8 Å². The van der Waals surface area contributed by atoms with E-state index in [-0.39, 0.29) is 12.6 Å². The second kappa shape index (κ2) is 8.64. The van der Waals surface area contributed by atoms with Crippen LogP contribution in [0.15, 0.2) is 12.1 Å². The van der Waals surface area contributed by atoms with Crippen molar-refractivity contribution in [1.29, 1.82) is 0 Å². The molecule has 21 heavy (non-hydrogen) atoms. The smallest absolute Gasteiger partial charge is 0.315 e.